The molecule has 1 amide bonds. The fourth-order valence-electron chi connectivity index (χ4n) is 1.00. The summed E-state index contributed by atoms with van der Waals surface area (Å²) in [6.07, 6.45) is 0.307. The van der Waals surface area contributed by atoms with Gasteiger partial charge in [-0.05, 0) is 10.4 Å². The Morgan fingerprint density at radius 3 is 3.18 bits per heavy atom. The second-order valence-electron chi connectivity index (χ2n) is 3.02. The summed E-state index contributed by atoms with van der Waals surface area (Å²) in [5.74, 6) is 0.0728. The van der Waals surface area contributed by atoms with E-state index in [0.29, 0.717) is 31.2 Å². The third-order valence-corrected chi connectivity index (χ3v) is 2.69. The largest absolute Gasteiger partial charge is 0.354 e. The normalized spacial score (nSPS) is 9.88. The van der Waals surface area contributed by atoms with Gasteiger partial charge in [-0.3, -0.25) is 4.79 Å². The summed E-state index contributed by atoms with van der Waals surface area (Å²) in [6, 6.07) is 1.95. The van der Waals surface area contributed by atoms with Crippen molar-refractivity contribution in [3.8, 4) is 6.07 Å². The van der Waals surface area contributed by atoms with E-state index >= 15 is 0 Å². The van der Waals surface area contributed by atoms with Crippen LogP contribution in [0.15, 0.2) is 5.16 Å². The standard InChI is InChI=1S/C8H13N7OS/c9-2-1-4-11-7(16)6-17-8-12-13-14-15(8)5-3-10/h1,3-6,10H2,(H,11,16). The lowest BCUT2D eigenvalue weighted by atomic mass is 10.4. The predicted octanol–water partition coefficient (Wildman–Crippen LogP) is -1.25. The van der Waals surface area contributed by atoms with Crippen LogP contribution in [-0.4, -0.2) is 45.0 Å². The molecule has 0 aromatic carbocycles. The van der Waals surface area contributed by atoms with E-state index in [9.17, 15) is 4.79 Å². The van der Waals surface area contributed by atoms with Crippen molar-refractivity contribution < 1.29 is 4.79 Å². The molecule has 9 heteroatoms. The molecule has 1 heterocycles. The molecule has 3 N–H and O–H groups in total. The van der Waals surface area contributed by atoms with Crippen molar-refractivity contribution in [3.63, 3.8) is 0 Å². The lowest BCUT2D eigenvalue weighted by Crippen LogP contribution is -2.26. The number of amides is 1. The number of hydrogen-bond acceptors (Lipinski definition) is 7. The zero-order valence-corrected chi connectivity index (χ0v) is 9.98. The maximum atomic E-state index is 11.3. The summed E-state index contributed by atoms with van der Waals surface area (Å²) in [4.78, 5) is 11.3. The summed E-state index contributed by atoms with van der Waals surface area (Å²) in [5.41, 5.74) is 5.39. The molecule has 92 valence electrons. The summed E-state index contributed by atoms with van der Waals surface area (Å²) >= 11 is 1.24. The number of nitriles is 1. The first kappa shape index (κ1) is 13.4. The molecule has 0 saturated carbocycles. The first-order chi connectivity index (χ1) is 8.27. The van der Waals surface area contributed by atoms with Gasteiger partial charge in [0.05, 0.1) is 24.8 Å². The topological polar surface area (TPSA) is 123 Å². The van der Waals surface area contributed by atoms with Crippen LogP contribution in [-0.2, 0) is 11.3 Å². The van der Waals surface area contributed by atoms with E-state index in [4.69, 9.17) is 11.0 Å². The molecule has 8 nitrogen and oxygen atoms in total. The Bertz CT molecular complexity index is 399. The molecular formula is C8H13N7OS. The Morgan fingerprint density at radius 2 is 2.47 bits per heavy atom. The molecule has 0 atom stereocenters. The quantitative estimate of drug-likeness (QED) is 0.461. The molecule has 0 bridgehead atoms. The first-order valence-electron chi connectivity index (χ1n) is 5.00. The van der Waals surface area contributed by atoms with E-state index in [1.54, 1.807) is 4.68 Å². The maximum absolute atomic E-state index is 11.3. The van der Waals surface area contributed by atoms with Crippen LogP contribution in [0.5, 0.6) is 0 Å². The molecule has 0 saturated heterocycles. The Kier molecular flexibility index (Phi) is 5.98. The highest BCUT2D eigenvalue weighted by Crippen LogP contribution is 2.12. The molecule has 1 aromatic heterocycles. The minimum absolute atomic E-state index is 0.146. The van der Waals surface area contributed by atoms with Gasteiger partial charge in [-0.15, -0.1) is 5.10 Å². The van der Waals surface area contributed by atoms with E-state index < -0.39 is 0 Å². The number of hydrogen-bond donors (Lipinski definition) is 2. The van der Waals surface area contributed by atoms with Crippen LogP contribution < -0.4 is 11.1 Å². The lowest BCUT2D eigenvalue weighted by Gasteiger charge is -2.03. The second-order valence-corrected chi connectivity index (χ2v) is 3.96. The van der Waals surface area contributed by atoms with E-state index in [-0.39, 0.29) is 11.7 Å². The molecule has 0 aliphatic carbocycles. The van der Waals surface area contributed by atoms with E-state index in [1.807, 2.05) is 6.07 Å². The summed E-state index contributed by atoms with van der Waals surface area (Å²) in [7, 11) is 0. The van der Waals surface area contributed by atoms with Crippen molar-refractivity contribution in [1.29, 1.82) is 5.26 Å². The molecule has 1 aromatic rings. The van der Waals surface area contributed by atoms with Gasteiger partial charge in [0.25, 0.3) is 0 Å². The SMILES string of the molecule is N#CCCNC(=O)CSc1nnnn1CCN. The van der Waals surface area contributed by atoms with Gasteiger partial charge in [0.1, 0.15) is 0 Å². The molecule has 1 rings (SSSR count). The van der Waals surface area contributed by atoms with Gasteiger partial charge >= 0.3 is 0 Å². The van der Waals surface area contributed by atoms with Crippen molar-refractivity contribution in [2.75, 3.05) is 18.8 Å². The number of carbonyl (C=O) groups is 1. The highest BCUT2D eigenvalue weighted by atomic mass is 32.2. The van der Waals surface area contributed by atoms with Crippen LogP contribution >= 0.6 is 11.8 Å². The number of nitrogens with one attached hydrogen (secondary N) is 1. The molecule has 0 aliphatic heterocycles. The zero-order valence-electron chi connectivity index (χ0n) is 9.17. The molecule has 0 fully saturated rings. The van der Waals surface area contributed by atoms with E-state index in [2.05, 4.69) is 20.8 Å². The zero-order chi connectivity index (χ0) is 12.5. The Balaban J connectivity index is 2.32. The van der Waals surface area contributed by atoms with Gasteiger partial charge in [-0.2, -0.15) is 5.26 Å². The number of nitrogens with two attached hydrogens (primary N) is 1. The molecule has 0 spiro atoms. The van der Waals surface area contributed by atoms with Crippen LogP contribution in [0.1, 0.15) is 6.42 Å². The van der Waals surface area contributed by atoms with Crippen molar-refractivity contribution >= 4 is 17.7 Å². The number of nitrogens with zero attached hydrogens (tertiary/aromatic N) is 5. The van der Waals surface area contributed by atoms with Gasteiger partial charge in [-0.25, -0.2) is 4.68 Å². The van der Waals surface area contributed by atoms with Crippen molar-refractivity contribution in [3.05, 3.63) is 0 Å². The highest BCUT2D eigenvalue weighted by molar-refractivity contribution is 7.99. The van der Waals surface area contributed by atoms with Gasteiger partial charge < -0.3 is 11.1 Å². The number of carbonyl (C=O) groups excluding carboxylic acids is 1. The van der Waals surface area contributed by atoms with Gasteiger partial charge in [0, 0.05) is 13.1 Å². The second kappa shape index (κ2) is 7.59. The molecule has 0 unspecified atom stereocenters. The lowest BCUT2D eigenvalue weighted by molar-refractivity contribution is -0.118. The highest BCUT2D eigenvalue weighted by Gasteiger charge is 2.08. The monoisotopic (exact) mass is 255 g/mol. The average molecular weight is 255 g/mol. The Hall–Kier alpha value is -1.66. The Labute approximate surface area is 103 Å². The Morgan fingerprint density at radius 1 is 1.65 bits per heavy atom. The van der Waals surface area contributed by atoms with Crippen LogP contribution in [0.3, 0.4) is 0 Å². The van der Waals surface area contributed by atoms with E-state index in [1.165, 1.54) is 11.8 Å². The average Bonchev–Trinajstić information content (AvgIpc) is 2.75. The summed E-state index contributed by atoms with van der Waals surface area (Å²) in [5, 5.41) is 22.5. The fraction of sp³-hybridized carbons (Fsp3) is 0.625. The summed E-state index contributed by atoms with van der Waals surface area (Å²) in [6.45, 7) is 1.32. The number of thioether (sulfide) groups is 1. The minimum Gasteiger partial charge on any atom is -0.354 e. The smallest absolute Gasteiger partial charge is 0.230 e. The van der Waals surface area contributed by atoms with Crippen LogP contribution in [0.25, 0.3) is 0 Å². The third-order valence-electron chi connectivity index (χ3n) is 1.73. The number of aromatic nitrogens is 4. The van der Waals surface area contributed by atoms with Crippen LogP contribution in [0.2, 0.25) is 0 Å². The summed E-state index contributed by atoms with van der Waals surface area (Å²) < 4.78 is 1.55. The minimum atomic E-state index is -0.146. The van der Waals surface area contributed by atoms with Crippen molar-refractivity contribution in [2.24, 2.45) is 5.73 Å². The first-order valence-corrected chi connectivity index (χ1v) is 5.99. The van der Waals surface area contributed by atoms with Gasteiger partial charge in [0.2, 0.25) is 11.1 Å². The molecular weight excluding hydrogens is 242 g/mol. The van der Waals surface area contributed by atoms with Gasteiger partial charge in [0.15, 0.2) is 0 Å². The van der Waals surface area contributed by atoms with Crippen LogP contribution in [0, 0.1) is 11.3 Å². The fourth-order valence-corrected chi connectivity index (χ4v) is 1.73. The molecule has 0 aliphatic rings. The van der Waals surface area contributed by atoms with Crippen molar-refractivity contribution in [1.82, 2.24) is 25.5 Å². The van der Waals surface area contributed by atoms with Gasteiger partial charge in [-0.1, -0.05) is 11.8 Å². The predicted molar refractivity (Wildman–Crippen MR) is 60.8 cm³/mol. The number of rotatable bonds is 7. The third kappa shape index (κ3) is 4.80. The van der Waals surface area contributed by atoms with Crippen LogP contribution in [0.4, 0.5) is 0 Å². The van der Waals surface area contributed by atoms with E-state index in [0.717, 1.165) is 0 Å². The van der Waals surface area contributed by atoms with Crippen molar-refractivity contribution in [2.45, 2.75) is 18.1 Å². The molecule has 0 radical (unpaired) electrons. The molecule has 17 heavy (non-hydrogen) atoms. The maximum Gasteiger partial charge on any atom is 0.230 e. The number of tetrazole rings is 1.